The zero-order chi connectivity index (χ0) is 15.8. The molecule has 0 aliphatic rings. The molecule has 0 aliphatic heterocycles. The van der Waals surface area contributed by atoms with Crippen molar-refractivity contribution in [2.45, 2.75) is 13.5 Å². The molecule has 2 aromatic heterocycles. The summed E-state index contributed by atoms with van der Waals surface area (Å²) in [5, 5.41) is 9.02. The SMILES string of the molecule is Cc1cc(NC(=O)CSCC(=O)NCc2cccnc2)no1. The van der Waals surface area contributed by atoms with Gasteiger partial charge in [0.2, 0.25) is 11.8 Å². The Bertz CT molecular complexity index is 630. The molecule has 0 unspecified atom stereocenters. The summed E-state index contributed by atoms with van der Waals surface area (Å²) in [4.78, 5) is 27.2. The summed E-state index contributed by atoms with van der Waals surface area (Å²) in [6.45, 7) is 2.17. The molecule has 0 fully saturated rings. The van der Waals surface area contributed by atoms with Gasteiger partial charge in [0.05, 0.1) is 11.5 Å². The van der Waals surface area contributed by atoms with Crippen LogP contribution in [0.4, 0.5) is 5.82 Å². The van der Waals surface area contributed by atoms with Crippen LogP contribution in [0.25, 0.3) is 0 Å². The van der Waals surface area contributed by atoms with E-state index in [1.54, 1.807) is 25.4 Å². The van der Waals surface area contributed by atoms with E-state index in [4.69, 9.17) is 4.52 Å². The Kier molecular flexibility index (Phi) is 5.96. The van der Waals surface area contributed by atoms with Crippen LogP contribution in [-0.4, -0.2) is 33.5 Å². The third-order valence-electron chi connectivity index (χ3n) is 2.57. The molecule has 116 valence electrons. The van der Waals surface area contributed by atoms with E-state index in [0.717, 1.165) is 5.56 Å². The molecule has 0 aliphatic carbocycles. The van der Waals surface area contributed by atoms with Crippen LogP contribution in [0.2, 0.25) is 0 Å². The molecule has 2 N–H and O–H groups in total. The van der Waals surface area contributed by atoms with Gasteiger partial charge in [-0.1, -0.05) is 11.2 Å². The van der Waals surface area contributed by atoms with Crippen molar-refractivity contribution in [2.24, 2.45) is 0 Å². The van der Waals surface area contributed by atoms with Crippen molar-refractivity contribution < 1.29 is 14.1 Å². The molecule has 7 nitrogen and oxygen atoms in total. The summed E-state index contributed by atoms with van der Waals surface area (Å²) in [5.74, 6) is 1.04. The number of nitrogens with zero attached hydrogens (tertiary/aromatic N) is 2. The van der Waals surface area contributed by atoms with E-state index in [-0.39, 0.29) is 23.3 Å². The molecule has 0 radical (unpaired) electrons. The van der Waals surface area contributed by atoms with Gasteiger partial charge in [0.25, 0.3) is 0 Å². The van der Waals surface area contributed by atoms with Gasteiger partial charge in [0, 0.05) is 25.0 Å². The summed E-state index contributed by atoms with van der Waals surface area (Å²) in [7, 11) is 0. The molecule has 2 rings (SSSR count). The Labute approximate surface area is 131 Å². The largest absolute Gasteiger partial charge is 0.360 e. The third kappa shape index (κ3) is 5.57. The van der Waals surface area contributed by atoms with Gasteiger partial charge in [-0.3, -0.25) is 14.6 Å². The molecule has 2 aromatic rings. The first kappa shape index (κ1) is 16.0. The van der Waals surface area contributed by atoms with E-state index in [9.17, 15) is 9.59 Å². The van der Waals surface area contributed by atoms with Gasteiger partial charge < -0.3 is 15.2 Å². The number of anilines is 1. The van der Waals surface area contributed by atoms with Crippen LogP contribution in [-0.2, 0) is 16.1 Å². The number of hydrogen-bond acceptors (Lipinski definition) is 6. The van der Waals surface area contributed by atoms with Crippen molar-refractivity contribution in [1.82, 2.24) is 15.5 Å². The molecule has 22 heavy (non-hydrogen) atoms. The number of aryl methyl sites for hydroxylation is 1. The molecular weight excluding hydrogens is 304 g/mol. The number of nitrogens with one attached hydrogen (secondary N) is 2. The normalized spacial score (nSPS) is 10.2. The number of amides is 2. The van der Waals surface area contributed by atoms with Crippen molar-refractivity contribution >= 4 is 29.4 Å². The second-order valence-electron chi connectivity index (χ2n) is 4.50. The van der Waals surface area contributed by atoms with E-state index in [0.29, 0.717) is 18.1 Å². The maximum Gasteiger partial charge on any atom is 0.235 e. The number of pyridine rings is 1. The molecule has 2 amide bonds. The number of carbonyl (C=O) groups is 2. The van der Waals surface area contributed by atoms with Gasteiger partial charge in [-0.25, -0.2) is 0 Å². The minimum absolute atomic E-state index is 0.126. The predicted molar refractivity (Wildman–Crippen MR) is 83.3 cm³/mol. The minimum atomic E-state index is -0.224. The van der Waals surface area contributed by atoms with Crippen molar-refractivity contribution in [3.8, 4) is 0 Å². The van der Waals surface area contributed by atoms with E-state index in [1.807, 2.05) is 12.1 Å². The molecular formula is C14H16N4O3S. The summed E-state index contributed by atoms with van der Waals surface area (Å²) in [6.07, 6.45) is 3.37. The van der Waals surface area contributed by atoms with Crippen LogP contribution in [0.1, 0.15) is 11.3 Å². The summed E-state index contributed by atoms with van der Waals surface area (Å²) >= 11 is 1.23. The second kappa shape index (κ2) is 8.18. The van der Waals surface area contributed by atoms with Gasteiger partial charge in [-0.15, -0.1) is 11.8 Å². The van der Waals surface area contributed by atoms with Gasteiger partial charge in [-0.2, -0.15) is 0 Å². The average molecular weight is 320 g/mol. The molecule has 0 spiro atoms. The maximum absolute atomic E-state index is 11.6. The summed E-state index contributed by atoms with van der Waals surface area (Å²) in [5.41, 5.74) is 0.931. The number of hydrogen-bond donors (Lipinski definition) is 2. The zero-order valence-electron chi connectivity index (χ0n) is 12.0. The van der Waals surface area contributed by atoms with Gasteiger partial charge in [-0.05, 0) is 18.6 Å². The lowest BCUT2D eigenvalue weighted by Gasteiger charge is -2.05. The van der Waals surface area contributed by atoms with Crippen LogP contribution >= 0.6 is 11.8 Å². The number of aromatic nitrogens is 2. The van der Waals surface area contributed by atoms with Crippen molar-refractivity contribution in [3.63, 3.8) is 0 Å². The number of thioether (sulfide) groups is 1. The predicted octanol–water partition coefficient (Wildman–Crippen LogP) is 1.37. The van der Waals surface area contributed by atoms with E-state index < -0.39 is 0 Å². The topological polar surface area (TPSA) is 97.1 Å². The number of carbonyl (C=O) groups excluding carboxylic acids is 2. The van der Waals surface area contributed by atoms with E-state index in [2.05, 4.69) is 20.8 Å². The summed E-state index contributed by atoms with van der Waals surface area (Å²) in [6, 6.07) is 5.32. The molecule has 0 bridgehead atoms. The highest BCUT2D eigenvalue weighted by atomic mass is 32.2. The van der Waals surface area contributed by atoms with Crippen LogP contribution in [0.5, 0.6) is 0 Å². The van der Waals surface area contributed by atoms with Crippen molar-refractivity contribution in [3.05, 3.63) is 41.9 Å². The Hall–Kier alpha value is -2.35. The minimum Gasteiger partial charge on any atom is -0.360 e. The number of rotatable bonds is 7. The first-order valence-corrected chi connectivity index (χ1v) is 7.75. The Balaban J connectivity index is 1.61. The molecule has 0 saturated carbocycles. The maximum atomic E-state index is 11.6. The van der Waals surface area contributed by atoms with Crippen LogP contribution in [0.15, 0.2) is 35.1 Å². The fourth-order valence-electron chi connectivity index (χ4n) is 1.60. The quantitative estimate of drug-likeness (QED) is 0.799. The fraction of sp³-hybridized carbons (Fsp3) is 0.286. The average Bonchev–Trinajstić information content (AvgIpc) is 2.91. The van der Waals surface area contributed by atoms with Crippen molar-refractivity contribution in [1.29, 1.82) is 0 Å². The smallest absolute Gasteiger partial charge is 0.235 e. The van der Waals surface area contributed by atoms with E-state index >= 15 is 0 Å². The van der Waals surface area contributed by atoms with Crippen molar-refractivity contribution in [2.75, 3.05) is 16.8 Å². The molecule has 0 atom stereocenters. The van der Waals surface area contributed by atoms with Crippen LogP contribution < -0.4 is 10.6 Å². The first-order chi connectivity index (χ1) is 10.6. The Morgan fingerprint density at radius 2 is 2.14 bits per heavy atom. The first-order valence-electron chi connectivity index (χ1n) is 6.60. The zero-order valence-corrected chi connectivity index (χ0v) is 12.9. The lowest BCUT2D eigenvalue weighted by Crippen LogP contribution is -2.25. The lowest BCUT2D eigenvalue weighted by atomic mass is 10.3. The molecule has 0 saturated heterocycles. The van der Waals surface area contributed by atoms with Crippen LogP contribution in [0.3, 0.4) is 0 Å². The third-order valence-corrected chi connectivity index (χ3v) is 3.51. The van der Waals surface area contributed by atoms with E-state index in [1.165, 1.54) is 11.8 Å². The second-order valence-corrected chi connectivity index (χ2v) is 5.49. The highest BCUT2D eigenvalue weighted by Gasteiger charge is 2.08. The van der Waals surface area contributed by atoms with Gasteiger partial charge in [0.1, 0.15) is 5.76 Å². The highest BCUT2D eigenvalue weighted by Crippen LogP contribution is 2.08. The summed E-state index contributed by atoms with van der Waals surface area (Å²) < 4.78 is 4.84. The fourth-order valence-corrected chi connectivity index (χ4v) is 2.24. The highest BCUT2D eigenvalue weighted by molar-refractivity contribution is 8.00. The van der Waals surface area contributed by atoms with Gasteiger partial charge >= 0.3 is 0 Å². The standard InChI is InChI=1S/C14H16N4O3S/c1-10-5-12(18-21-10)17-14(20)9-22-8-13(19)16-7-11-3-2-4-15-6-11/h2-6H,7-9H2,1H3,(H,16,19)(H,17,18,20). The van der Waals surface area contributed by atoms with Gasteiger partial charge in [0.15, 0.2) is 5.82 Å². The lowest BCUT2D eigenvalue weighted by molar-refractivity contribution is -0.118. The molecule has 0 aromatic carbocycles. The molecule has 2 heterocycles. The molecule has 8 heteroatoms. The Morgan fingerprint density at radius 1 is 1.32 bits per heavy atom. The van der Waals surface area contributed by atoms with Crippen LogP contribution in [0, 0.1) is 6.92 Å². The Morgan fingerprint density at radius 3 is 2.82 bits per heavy atom. The monoisotopic (exact) mass is 320 g/mol.